The minimum absolute atomic E-state index is 0.00684. The lowest BCUT2D eigenvalue weighted by molar-refractivity contribution is 0.0469. The van der Waals surface area contributed by atoms with Crippen molar-refractivity contribution >= 4 is 17.7 Å². The lowest BCUT2D eigenvalue weighted by atomic mass is 9.94. The molecule has 0 aliphatic rings. The van der Waals surface area contributed by atoms with Crippen molar-refractivity contribution in [2.24, 2.45) is 0 Å². The zero-order valence-corrected chi connectivity index (χ0v) is 28.5. The normalized spacial score (nSPS) is 10.6. The second-order valence-electron chi connectivity index (χ2n) is 11.7. The van der Waals surface area contributed by atoms with Gasteiger partial charge >= 0.3 is 11.9 Å². The number of ether oxygens (including phenoxy) is 5. The van der Waals surface area contributed by atoms with Crippen molar-refractivity contribution in [2.45, 2.75) is 26.4 Å². The van der Waals surface area contributed by atoms with Crippen molar-refractivity contribution in [3.05, 3.63) is 196 Å². The molecule has 0 fully saturated rings. The quantitative estimate of drug-likeness (QED) is 0.0778. The number of hydrogen-bond donors (Lipinski definition) is 0. The molecular formula is C44H36O8. The molecule has 0 amide bonds. The van der Waals surface area contributed by atoms with E-state index >= 15 is 4.79 Å². The third kappa shape index (κ3) is 8.91. The molecular weight excluding hydrogens is 656 g/mol. The van der Waals surface area contributed by atoms with Crippen LogP contribution in [0.2, 0.25) is 0 Å². The van der Waals surface area contributed by atoms with Gasteiger partial charge in [0.15, 0.2) is 0 Å². The van der Waals surface area contributed by atoms with E-state index in [1.165, 1.54) is 25.3 Å². The maximum absolute atomic E-state index is 15.1. The third-order valence-corrected chi connectivity index (χ3v) is 8.11. The van der Waals surface area contributed by atoms with E-state index in [-0.39, 0.29) is 65.9 Å². The number of carbonyl (C=O) groups is 3. The summed E-state index contributed by atoms with van der Waals surface area (Å²) >= 11 is 0. The number of benzene rings is 6. The summed E-state index contributed by atoms with van der Waals surface area (Å²) in [4.78, 5) is 41.9. The van der Waals surface area contributed by atoms with Crippen LogP contribution in [-0.4, -0.2) is 24.8 Å². The Bertz CT molecular complexity index is 2050. The summed E-state index contributed by atoms with van der Waals surface area (Å²) in [6, 6.07) is 45.2. The van der Waals surface area contributed by atoms with E-state index < -0.39 is 17.7 Å². The lowest BCUT2D eigenvalue weighted by Gasteiger charge is -2.20. The summed E-state index contributed by atoms with van der Waals surface area (Å²) in [5.74, 6) is -1.73. The fourth-order valence-electron chi connectivity index (χ4n) is 5.46. The molecule has 0 bridgehead atoms. The zero-order chi connectivity index (χ0) is 36.1. The Kier molecular flexibility index (Phi) is 11.7. The van der Waals surface area contributed by atoms with Crippen molar-refractivity contribution in [3.8, 4) is 17.2 Å². The topological polar surface area (TPSA) is 97.4 Å². The van der Waals surface area contributed by atoms with Gasteiger partial charge in [0.25, 0.3) is 0 Å². The predicted molar refractivity (Wildman–Crippen MR) is 196 cm³/mol. The lowest BCUT2D eigenvalue weighted by Crippen LogP contribution is -2.17. The number of esters is 2. The van der Waals surface area contributed by atoms with Crippen molar-refractivity contribution < 1.29 is 38.1 Å². The van der Waals surface area contributed by atoms with E-state index in [0.717, 1.165) is 22.3 Å². The van der Waals surface area contributed by atoms with Crippen LogP contribution in [0.3, 0.4) is 0 Å². The fraction of sp³-hybridized carbons (Fsp3) is 0.114. The molecule has 52 heavy (non-hydrogen) atoms. The summed E-state index contributed by atoms with van der Waals surface area (Å²) < 4.78 is 29.6. The Morgan fingerprint density at radius 3 is 1.31 bits per heavy atom. The van der Waals surface area contributed by atoms with E-state index in [2.05, 4.69) is 0 Å². The largest absolute Gasteiger partial charge is 0.488 e. The van der Waals surface area contributed by atoms with Gasteiger partial charge in [-0.3, -0.25) is 4.79 Å². The minimum Gasteiger partial charge on any atom is -0.488 e. The molecule has 0 saturated heterocycles. The molecule has 0 N–H and O–H groups in total. The van der Waals surface area contributed by atoms with Crippen LogP contribution >= 0.6 is 0 Å². The Balaban J connectivity index is 1.47. The maximum Gasteiger partial charge on any atom is 0.339 e. The first-order valence-electron chi connectivity index (χ1n) is 16.7. The highest BCUT2D eigenvalue weighted by molar-refractivity contribution is 6.19. The summed E-state index contributed by atoms with van der Waals surface area (Å²) in [5.41, 5.74) is 3.35. The molecule has 0 aliphatic carbocycles. The van der Waals surface area contributed by atoms with Gasteiger partial charge in [-0.25, -0.2) is 9.59 Å². The highest BCUT2D eigenvalue weighted by Gasteiger charge is 2.31. The Labute approximate surface area is 302 Å². The van der Waals surface area contributed by atoms with Crippen LogP contribution in [-0.2, 0) is 35.9 Å². The van der Waals surface area contributed by atoms with Crippen molar-refractivity contribution in [3.63, 3.8) is 0 Å². The predicted octanol–water partition coefficient (Wildman–Crippen LogP) is 8.80. The molecule has 0 unspecified atom stereocenters. The van der Waals surface area contributed by atoms with Crippen LogP contribution in [0.25, 0.3) is 0 Å². The number of carbonyl (C=O) groups excluding carboxylic acids is 3. The van der Waals surface area contributed by atoms with E-state index in [9.17, 15) is 9.59 Å². The SMILES string of the molecule is COC(=O)c1cc(OCc2ccccc2)c(C(=O)c2c(OCc3ccccc3)cccc2C(=O)OCc2ccccc2)c(OCc2ccccc2)c1. The molecule has 8 heteroatoms. The van der Waals surface area contributed by atoms with Crippen molar-refractivity contribution in [1.82, 2.24) is 0 Å². The molecule has 0 radical (unpaired) electrons. The second kappa shape index (κ2) is 17.3. The molecule has 6 rings (SSSR count). The van der Waals surface area contributed by atoms with Gasteiger partial charge in [0.1, 0.15) is 49.2 Å². The highest BCUT2D eigenvalue weighted by atomic mass is 16.5. The first-order chi connectivity index (χ1) is 25.5. The summed E-state index contributed by atoms with van der Waals surface area (Å²) in [6.45, 7) is 0.261. The van der Waals surface area contributed by atoms with Crippen LogP contribution < -0.4 is 14.2 Å². The standard InChI is InChI=1S/C44H36O8/c1-48-43(46)35-25-38(50-28-32-17-8-3-9-18-32)41(39(26-35)51-29-33-19-10-4-11-20-33)42(45)40-36(44(47)52-30-34-21-12-5-13-22-34)23-14-24-37(40)49-27-31-15-6-2-7-16-31/h2-26H,27-30H2,1H3. The van der Waals surface area contributed by atoms with Gasteiger partial charge in [-0.1, -0.05) is 127 Å². The highest BCUT2D eigenvalue weighted by Crippen LogP contribution is 2.38. The zero-order valence-electron chi connectivity index (χ0n) is 28.5. The number of methoxy groups -OCH3 is 1. The van der Waals surface area contributed by atoms with Gasteiger partial charge in [0.05, 0.1) is 23.8 Å². The second-order valence-corrected chi connectivity index (χ2v) is 11.7. The van der Waals surface area contributed by atoms with Gasteiger partial charge in [-0.2, -0.15) is 0 Å². The molecule has 0 saturated carbocycles. The molecule has 8 nitrogen and oxygen atoms in total. The number of hydrogen-bond acceptors (Lipinski definition) is 8. The minimum atomic E-state index is -0.720. The molecule has 6 aromatic rings. The summed E-state index contributed by atoms with van der Waals surface area (Å²) in [6.07, 6.45) is 0. The third-order valence-electron chi connectivity index (χ3n) is 8.11. The van der Waals surface area contributed by atoms with E-state index in [4.69, 9.17) is 23.7 Å². The smallest absolute Gasteiger partial charge is 0.339 e. The van der Waals surface area contributed by atoms with Gasteiger partial charge in [0.2, 0.25) is 5.78 Å². The average Bonchev–Trinajstić information content (AvgIpc) is 3.21. The van der Waals surface area contributed by atoms with Gasteiger partial charge in [-0.05, 0) is 46.5 Å². The summed E-state index contributed by atoms with van der Waals surface area (Å²) in [7, 11) is 1.27. The van der Waals surface area contributed by atoms with Crippen LogP contribution in [0, 0.1) is 0 Å². The van der Waals surface area contributed by atoms with Crippen LogP contribution in [0.15, 0.2) is 152 Å². The average molecular weight is 693 g/mol. The number of rotatable bonds is 15. The molecule has 0 aromatic heterocycles. The Morgan fingerprint density at radius 1 is 0.442 bits per heavy atom. The molecule has 260 valence electrons. The van der Waals surface area contributed by atoms with Gasteiger partial charge < -0.3 is 23.7 Å². The Hall–Kier alpha value is -6.67. The van der Waals surface area contributed by atoms with E-state index in [1.54, 1.807) is 12.1 Å². The molecule has 0 spiro atoms. The van der Waals surface area contributed by atoms with Crippen LogP contribution in [0.4, 0.5) is 0 Å². The van der Waals surface area contributed by atoms with Crippen LogP contribution in [0.1, 0.15) is 58.9 Å². The first kappa shape index (κ1) is 35.2. The van der Waals surface area contributed by atoms with E-state index in [0.29, 0.717) is 0 Å². The monoisotopic (exact) mass is 692 g/mol. The fourth-order valence-corrected chi connectivity index (χ4v) is 5.46. The molecule has 6 aromatic carbocycles. The van der Waals surface area contributed by atoms with Gasteiger partial charge in [0, 0.05) is 0 Å². The molecule has 0 atom stereocenters. The Morgan fingerprint density at radius 2 is 0.865 bits per heavy atom. The summed E-state index contributed by atoms with van der Waals surface area (Å²) in [5, 5.41) is 0. The number of ketones is 1. The van der Waals surface area contributed by atoms with Crippen LogP contribution in [0.5, 0.6) is 17.2 Å². The van der Waals surface area contributed by atoms with Crippen molar-refractivity contribution in [1.29, 1.82) is 0 Å². The first-order valence-corrected chi connectivity index (χ1v) is 16.7. The molecule has 0 heterocycles. The molecule has 0 aliphatic heterocycles. The van der Waals surface area contributed by atoms with Gasteiger partial charge in [-0.15, -0.1) is 0 Å². The van der Waals surface area contributed by atoms with E-state index in [1.807, 2.05) is 121 Å². The maximum atomic E-state index is 15.1. The van der Waals surface area contributed by atoms with Crippen molar-refractivity contribution in [2.75, 3.05) is 7.11 Å².